The Kier molecular flexibility index (Phi) is 5.81. The maximum atomic E-state index is 12.5. The largest absolute Gasteiger partial charge is 0.352 e. The van der Waals surface area contributed by atoms with E-state index in [1.54, 1.807) is 0 Å². The van der Waals surface area contributed by atoms with Crippen LogP contribution in [0.15, 0.2) is 24.3 Å². The first-order valence-electron chi connectivity index (χ1n) is 10.7. The molecule has 27 heavy (non-hydrogen) atoms. The maximum Gasteiger partial charge on any atom is 0.223 e. The molecule has 0 bridgehead atoms. The highest BCUT2D eigenvalue weighted by atomic mass is 16.2. The van der Waals surface area contributed by atoms with Gasteiger partial charge >= 0.3 is 0 Å². The first kappa shape index (κ1) is 18.9. The summed E-state index contributed by atoms with van der Waals surface area (Å²) in [4.78, 5) is 17.5. The van der Waals surface area contributed by atoms with Gasteiger partial charge < -0.3 is 15.5 Å². The van der Waals surface area contributed by atoms with Gasteiger partial charge in [0.05, 0.1) is 0 Å². The van der Waals surface area contributed by atoms with Crippen molar-refractivity contribution in [2.75, 3.05) is 45.8 Å². The molecule has 1 atom stereocenters. The van der Waals surface area contributed by atoms with Gasteiger partial charge in [-0.25, -0.2) is 0 Å². The monoisotopic (exact) mass is 370 g/mol. The second-order valence-corrected chi connectivity index (χ2v) is 8.61. The minimum absolute atomic E-state index is 0.251. The van der Waals surface area contributed by atoms with Crippen LogP contribution in [0.5, 0.6) is 0 Å². The van der Waals surface area contributed by atoms with E-state index < -0.39 is 0 Å². The molecule has 1 spiro atoms. The van der Waals surface area contributed by atoms with Gasteiger partial charge in [0.2, 0.25) is 5.91 Å². The summed E-state index contributed by atoms with van der Waals surface area (Å²) in [7, 11) is 0. The summed E-state index contributed by atoms with van der Waals surface area (Å²) in [6, 6.07) is 8.79. The van der Waals surface area contributed by atoms with Crippen LogP contribution in [0.3, 0.4) is 0 Å². The van der Waals surface area contributed by atoms with Crippen molar-refractivity contribution >= 4 is 5.91 Å². The maximum absolute atomic E-state index is 12.5. The molecular weight excluding hydrogens is 336 g/mol. The van der Waals surface area contributed by atoms with E-state index in [2.05, 4.69) is 51.6 Å². The molecule has 1 saturated carbocycles. The van der Waals surface area contributed by atoms with E-state index in [-0.39, 0.29) is 11.8 Å². The molecule has 3 fully saturated rings. The summed E-state index contributed by atoms with van der Waals surface area (Å²) in [6.07, 6.45) is 3.41. The van der Waals surface area contributed by atoms with E-state index in [1.807, 2.05) is 0 Å². The zero-order chi connectivity index (χ0) is 18.7. The van der Waals surface area contributed by atoms with Crippen molar-refractivity contribution in [3.63, 3.8) is 0 Å². The highest BCUT2D eigenvalue weighted by Crippen LogP contribution is 2.58. The Labute approximate surface area is 163 Å². The first-order valence-corrected chi connectivity index (χ1v) is 10.7. The Bertz CT molecular complexity index is 630. The standard InChI is InChI=1S/C22H34N4O/c1-2-25-11-13-26(14-12-25)17-19-5-3-18(4-6-19)16-24-21(27)20-15-22(20)7-9-23-10-8-22/h3-6,20,23H,2,7-17H2,1H3,(H,24,27). The molecule has 5 heteroatoms. The molecule has 4 rings (SSSR count). The fourth-order valence-electron chi connectivity index (χ4n) is 4.79. The van der Waals surface area contributed by atoms with Crippen LogP contribution in [0.4, 0.5) is 0 Å². The molecule has 2 saturated heterocycles. The number of nitrogens with zero attached hydrogens (tertiary/aromatic N) is 2. The molecule has 2 heterocycles. The fraction of sp³-hybridized carbons (Fsp3) is 0.682. The highest BCUT2D eigenvalue weighted by molar-refractivity contribution is 5.82. The number of nitrogens with one attached hydrogen (secondary N) is 2. The lowest BCUT2D eigenvalue weighted by atomic mass is 9.92. The SMILES string of the molecule is CCN1CCN(Cc2ccc(CNC(=O)C3CC34CCNCC4)cc2)CC1. The van der Waals surface area contributed by atoms with Crippen molar-refractivity contribution in [2.45, 2.75) is 39.3 Å². The van der Waals surface area contributed by atoms with Crippen molar-refractivity contribution in [1.29, 1.82) is 0 Å². The van der Waals surface area contributed by atoms with Crippen molar-refractivity contribution < 1.29 is 4.79 Å². The van der Waals surface area contributed by atoms with Gasteiger partial charge in [0, 0.05) is 45.2 Å². The van der Waals surface area contributed by atoms with Crippen molar-refractivity contribution in [1.82, 2.24) is 20.4 Å². The number of carbonyl (C=O) groups excluding carboxylic acids is 1. The first-order chi connectivity index (χ1) is 13.2. The molecular formula is C22H34N4O. The number of hydrogen-bond donors (Lipinski definition) is 2. The van der Waals surface area contributed by atoms with Crippen LogP contribution in [0.2, 0.25) is 0 Å². The quantitative estimate of drug-likeness (QED) is 0.802. The lowest BCUT2D eigenvalue weighted by Gasteiger charge is -2.34. The third-order valence-corrected chi connectivity index (χ3v) is 6.91. The minimum Gasteiger partial charge on any atom is -0.352 e. The number of hydrogen-bond acceptors (Lipinski definition) is 4. The molecule has 0 radical (unpaired) electrons. The average Bonchev–Trinajstić information content (AvgIpc) is 3.41. The molecule has 1 aliphatic carbocycles. The van der Waals surface area contributed by atoms with Crippen LogP contribution in [-0.2, 0) is 17.9 Å². The number of piperidine rings is 1. The summed E-state index contributed by atoms with van der Waals surface area (Å²) in [5.74, 6) is 0.510. The minimum atomic E-state index is 0.251. The van der Waals surface area contributed by atoms with Crippen LogP contribution in [0.25, 0.3) is 0 Å². The van der Waals surface area contributed by atoms with Gasteiger partial charge in [0.15, 0.2) is 0 Å². The van der Waals surface area contributed by atoms with E-state index >= 15 is 0 Å². The zero-order valence-electron chi connectivity index (χ0n) is 16.7. The summed E-state index contributed by atoms with van der Waals surface area (Å²) in [5.41, 5.74) is 2.88. The molecule has 2 N–H and O–H groups in total. The zero-order valence-corrected chi connectivity index (χ0v) is 16.7. The summed E-state index contributed by atoms with van der Waals surface area (Å²) >= 11 is 0. The van der Waals surface area contributed by atoms with Crippen LogP contribution in [0, 0.1) is 11.3 Å². The number of piperazine rings is 1. The van der Waals surface area contributed by atoms with E-state index in [0.29, 0.717) is 12.0 Å². The second kappa shape index (κ2) is 8.29. The predicted molar refractivity (Wildman–Crippen MR) is 108 cm³/mol. The lowest BCUT2D eigenvalue weighted by molar-refractivity contribution is -0.123. The smallest absolute Gasteiger partial charge is 0.223 e. The molecule has 1 amide bonds. The van der Waals surface area contributed by atoms with Gasteiger partial charge in [-0.3, -0.25) is 9.69 Å². The summed E-state index contributed by atoms with van der Waals surface area (Å²) in [6.45, 7) is 11.9. The van der Waals surface area contributed by atoms with Crippen molar-refractivity contribution in [3.8, 4) is 0 Å². The topological polar surface area (TPSA) is 47.6 Å². The molecule has 5 nitrogen and oxygen atoms in total. The average molecular weight is 371 g/mol. The Morgan fingerprint density at radius 3 is 2.37 bits per heavy atom. The number of benzene rings is 1. The van der Waals surface area contributed by atoms with E-state index in [9.17, 15) is 4.79 Å². The van der Waals surface area contributed by atoms with Gasteiger partial charge in [-0.1, -0.05) is 31.2 Å². The van der Waals surface area contributed by atoms with Crippen LogP contribution in [0.1, 0.15) is 37.3 Å². The molecule has 148 valence electrons. The van der Waals surface area contributed by atoms with Gasteiger partial charge in [-0.05, 0) is 55.4 Å². The van der Waals surface area contributed by atoms with E-state index in [1.165, 1.54) is 24.2 Å². The third kappa shape index (κ3) is 4.53. The molecule has 3 aliphatic rings. The Hall–Kier alpha value is -1.43. The van der Waals surface area contributed by atoms with Gasteiger partial charge in [0.25, 0.3) is 0 Å². The molecule has 2 aliphatic heterocycles. The van der Waals surface area contributed by atoms with Crippen molar-refractivity contribution in [3.05, 3.63) is 35.4 Å². The van der Waals surface area contributed by atoms with E-state index in [4.69, 9.17) is 0 Å². The molecule has 0 aromatic heterocycles. The number of carbonyl (C=O) groups is 1. The number of amides is 1. The van der Waals surface area contributed by atoms with Gasteiger partial charge in [-0.2, -0.15) is 0 Å². The fourth-order valence-corrected chi connectivity index (χ4v) is 4.79. The molecule has 1 aromatic rings. The summed E-state index contributed by atoms with van der Waals surface area (Å²) < 4.78 is 0. The normalized spacial score (nSPS) is 25.4. The Balaban J connectivity index is 1.21. The van der Waals surface area contributed by atoms with Crippen LogP contribution >= 0.6 is 0 Å². The van der Waals surface area contributed by atoms with Gasteiger partial charge in [0.1, 0.15) is 0 Å². The number of likely N-dealkylation sites (N-methyl/N-ethyl adjacent to an activating group) is 1. The number of rotatable bonds is 6. The summed E-state index contributed by atoms with van der Waals surface area (Å²) in [5, 5.41) is 6.57. The lowest BCUT2D eigenvalue weighted by Crippen LogP contribution is -2.45. The molecule has 1 aromatic carbocycles. The second-order valence-electron chi connectivity index (χ2n) is 8.61. The third-order valence-electron chi connectivity index (χ3n) is 6.91. The van der Waals surface area contributed by atoms with Gasteiger partial charge in [-0.15, -0.1) is 0 Å². The molecule has 1 unspecified atom stereocenters. The predicted octanol–water partition coefficient (Wildman–Crippen LogP) is 1.83. The van der Waals surface area contributed by atoms with Crippen LogP contribution < -0.4 is 10.6 Å². The Morgan fingerprint density at radius 1 is 1.07 bits per heavy atom. The van der Waals surface area contributed by atoms with Crippen LogP contribution in [-0.4, -0.2) is 61.5 Å². The Morgan fingerprint density at radius 2 is 1.70 bits per heavy atom. The van der Waals surface area contributed by atoms with E-state index in [0.717, 1.165) is 58.5 Å². The highest BCUT2D eigenvalue weighted by Gasteiger charge is 2.57. The van der Waals surface area contributed by atoms with Crippen molar-refractivity contribution in [2.24, 2.45) is 11.3 Å².